The average Bonchev–Trinajstić information content (AvgIpc) is 2.84. The molecule has 0 aromatic rings. The van der Waals surface area contributed by atoms with E-state index in [1.807, 2.05) is 0 Å². The number of carbonyl (C=O) groups excluding carboxylic acids is 2. The quantitative estimate of drug-likeness (QED) is 0.689. The van der Waals surface area contributed by atoms with Gasteiger partial charge in [-0.15, -0.1) is 0 Å². The van der Waals surface area contributed by atoms with Crippen LogP contribution in [-0.2, 0) is 19.4 Å². The minimum absolute atomic E-state index is 0.0160. The van der Waals surface area contributed by atoms with Gasteiger partial charge in [-0.3, -0.25) is 9.69 Å². The third-order valence-corrected chi connectivity index (χ3v) is 6.52. The summed E-state index contributed by atoms with van der Waals surface area (Å²) in [6.45, 7) is 2.12. The van der Waals surface area contributed by atoms with Gasteiger partial charge in [-0.25, -0.2) is 13.2 Å². The third-order valence-electron chi connectivity index (χ3n) is 4.82. The number of amides is 2. The lowest BCUT2D eigenvalue weighted by Gasteiger charge is -2.29. The first-order chi connectivity index (χ1) is 11.8. The topological polar surface area (TPSA) is 113 Å². The summed E-state index contributed by atoms with van der Waals surface area (Å²) < 4.78 is 28.4. The number of sulfone groups is 1. The Bertz CT molecular complexity index is 573. The van der Waals surface area contributed by atoms with E-state index in [1.165, 1.54) is 4.90 Å². The number of nitrogens with one attached hydrogen (secondary N) is 1. The zero-order valence-electron chi connectivity index (χ0n) is 14.6. The van der Waals surface area contributed by atoms with Crippen molar-refractivity contribution in [3.8, 4) is 0 Å². The Hall–Kier alpha value is -1.35. The number of aliphatic hydroxyl groups excluding tert-OH is 1. The Balaban J connectivity index is 1.92. The van der Waals surface area contributed by atoms with Crippen LogP contribution in [0.4, 0.5) is 4.79 Å². The molecule has 2 aliphatic rings. The maximum absolute atomic E-state index is 12.2. The van der Waals surface area contributed by atoms with Gasteiger partial charge in [-0.2, -0.15) is 0 Å². The smallest absolute Gasteiger partial charge is 0.410 e. The SMILES string of the molecule is CCOC(=O)N(CCNC(=O)C1CCCCC1)[C@@H]1CS(=O)(=O)C[C@H]1O. The van der Waals surface area contributed by atoms with Crippen LogP contribution in [0.25, 0.3) is 0 Å². The Kier molecular flexibility index (Phi) is 7.06. The highest BCUT2D eigenvalue weighted by molar-refractivity contribution is 7.91. The molecule has 0 aromatic carbocycles. The van der Waals surface area contributed by atoms with Crippen LogP contribution in [0.5, 0.6) is 0 Å². The summed E-state index contributed by atoms with van der Waals surface area (Å²) >= 11 is 0. The molecular formula is C16H28N2O6S. The van der Waals surface area contributed by atoms with Gasteiger partial charge < -0.3 is 15.2 Å². The van der Waals surface area contributed by atoms with Crippen molar-refractivity contribution in [2.45, 2.75) is 51.2 Å². The molecule has 1 saturated heterocycles. The number of hydrogen-bond donors (Lipinski definition) is 2. The predicted molar refractivity (Wildman–Crippen MR) is 91.8 cm³/mol. The zero-order valence-corrected chi connectivity index (χ0v) is 15.5. The van der Waals surface area contributed by atoms with Gasteiger partial charge in [-0.1, -0.05) is 19.3 Å². The minimum atomic E-state index is -3.38. The summed E-state index contributed by atoms with van der Waals surface area (Å²) in [7, 11) is -3.38. The standard InChI is InChI=1S/C16H28N2O6S/c1-2-24-16(21)18(13-10-25(22,23)11-14(13)19)9-8-17-15(20)12-6-4-3-5-7-12/h12-14,19H,2-11H2,1H3,(H,17,20)/t13-,14-/m1/s1. The summed E-state index contributed by atoms with van der Waals surface area (Å²) in [5, 5.41) is 12.8. The largest absolute Gasteiger partial charge is 0.450 e. The molecule has 9 heteroatoms. The molecule has 0 bridgehead atoms. The lowest BCUT2D eigenvalue weighted by molar-refractivity contribution is -0.126. The maximum Gasteiger partial charge on any atom is 0.410 e. The van der Waals surface area contributed by atoms with E-state index in [0.717, 1.165) is 32.1 Å². The Labute approximate surface area is 148 Å². The molecular weight excluding hydrogens is 348 g/mol. The molecule has 0 spiro atoms. The normalized spacial score (nSPS) is 26.2. The average molecular weight is 376 g/mol. The second kappa shape index (κ2) is 8.84. The van der Waals surface area contributed by atoms with Crippen LogP contribution in [0.3, 0.4) is 0 Å². The van der Waals surface area contributed by atoms with Crippen molar-refractivity contribution < 1.29 is 27.9 Å². The van der Waals surface area contributed by atoms with Crippen molar-refractivity contribution in [2.24, 2.45) is 5.92 Å². The number of aliphatic hydroxyl groups is 1. The van der Waals surface area contributed by atoms with Gasteiger partial charge >= 0.3 is 6.09 Å². The molecule has 2 N–H and O–H groups in total. The molecule has 2 rings (SSSR count). The number of nitrogens with zero attached hydrogens (tertiary/aromatic N) is 1. The van der Waals surface area contributed by atoms with Gasteiger partial charge in [0.15, 0.2) is 9.84 Å². The summed E-state index contributed by atoms with van der Waals surface area (Å²) in [6, 6.07) is -0.837. The van der Waals surface area contributed by atoms with Gasteiger partial charge in [0.05, 0.1) is 30.3 Å². The first-order valence-corrected chi connectivity index (χ1v) is 10.8. The molecule has 1 heterocycles. The number of ether oxygens (including phenoxy) is 1. The van der Waals surface area contributed by atoms with Crippen molar-refractivity contribution in [2.75, 3.05) is 31.2 Å². The van der Waals surface area contributed by atoms with Crippen LogP contribution >= 0.6 is 0 Å². The second-order valence-electron chi connectivity index (χ2n) is 6.73. The fourth-order valence-electron chi connectivity index (χ4n) is 3.52. The van der Waals surface area contributed by atoms with E-state index < -0.39 is 28.1 Å². The highest BCUT2D eigenvalue weighted by Gasteiger charge is 2.42. The molecule has 0 radical (unpaired) electrons. The van der Waals surface area contributed by atoms with Gasteiger partial charge in [0, 0.05) is 19.0 Å². The lowest BCUT2D eigenvalue weighted by Crippen LogP contribution is -2.50. The van der Waals surface area contributed by atoms with Crippen LogP contribution in [0.15, 0.2) is 0 Å². The summed E-state index contributed by atoms with van der Waals surface area (Å²) in [5.74, 6) is -0.656. The Morgan fingerprint density at radius 2 is 1.88 bits per heavy atom. The summed E-state index contributed by atoms with van der Waals surface area (Å²) in [6.07, 6.45) is 3.23. The predicted octanol–water partition coefficient (Wildman–Crippen LogP) is 0.299. The molecule has 2 atom stereocenters. The second-order valence-corrected chi connectivity index (χ2v) is 8.88. The van der Waals surface area contributed by atoms with Crippen LogP contribution < -0.4 is 5.32 Å². The zero-order chi connectivity index (χ0) is 18.4. The molecule has 8 nitrogen and oxygen atoms in total. The first kappa shape index (κ1) is 20.0. The van der Waals surface area contributed by atoms with E-state index in [1.54, 1.807) is 6.92 Å². The van der Waals surface area contributed by atoms with Crippen molar-refractivity contribution >= 4 is 21.8 Å². The van der Waals surface area contributed by atoms with Gasteiger partial charge in [-0.05, 0) is 19.8 Å². The van der Waals surface area contributed by atoms with E-state index in [9.17, 15) is 23.1 Å². The fourth-order valence-corrected chi connectivity index (χ4v) is 5.32. The Morgan fingerprint density at radius 3 is 2.44 bits per heavy atom. The highest BCUT2D eigenvalue weighted by Crippen LogP contribution is 2.23. The van der Waals surface area contributed by atoms with E-state index in [0.29, 0.717) is 0 Å². The van der Waals surface area contributed by atoms with Gasteiger partial charge in [0.2, 0.25) is 5.91 Å². The van der Waals surface area contributed by atoms with Gasteiger partial charge in [0.25, 0.3) is 0 Å². The molecule has 0 aromatic heterocycles. The maximum atomic E-state index is 12.2. The van der Waals surface area contributed by atoms with Crippen LogP contribution in [0.1, 0.15) is 39.0 Å². The minimum Gasteiger partial charge on any atom is -0.450 e. The molecule has 2 amide bonds. The van der Waals surface area contributed by atoms with Crippen LogP contribution in [0, 0.1) is 5.92 Å². The van der Waals surface area contributed by atoms with Crippen molar-refractivity contribution in [3.63, 3.8) is 0 Å². The molecule has 1 aliphatic heterocycles. The van der Waals surface area contributed by atoms with Crippen molar-refractivity contribution in [3.05, 3.63) is 0 Å². The van der Waals surface area contributed by atoms with Crippen LogP contribution in [-0.4, -0.2) is 73.8 Å². The van der Waals surface area contributed by atoms with Crippen molar-refractivity contribution in [1.82, 2.24) is 10.2 Å². The van der Waals surface area contributed by atoms with E-state index in [-0.39, 0.29) is 43.0 Å². The molecule has 2 fully saturated rings. The van der Waals surface area contributed by atoms with E-state index in [2.05, 4.69) is 5.32 Å². The van der Waals surface area contributed by atoms with Gasteiger partial charge in [0.1, 0.15) is 0 Å². The highest BCUT2D eigenvalue weighted by atomic mass is 32.2. The number of hydrogen-bond acceptors (Lipinski definition) is 6. The van der Waals surface area contributed by atoms with E-state index in [4.69, 9.17) is 4.74 Å². The molecule has 25 heavy (non-hydrogen) atoms. The fraction of sp³-hybridized carbons (Fsp3) is 0.875. The third kappa shape index (κ3) is 5.57. The monoisotopic (exact) mass is 376 g/mol. The number of carbonyl (C=O) groups is 2. The Morgan fingerprint density at radius 1 is 1.20 bits per heavy atom. The molecule has 0 unspecified atom stereocenters. The molecule has 144 valence electrons. The molecule has 1 saturated carbocycles. The lowest BCUT2D eigenvalue weighted by atomic mass is 9.89. The molecule has 1 aliphatic carbocycles. The first-order valence-electron chi connectivity index (χ1n) is 8.93. The van der Waals surface area contributed by atoms with Crippen molar-refractivity contribution in [1.29, 1.82) is 0 Å². The number of rotatable bonds is 6. The summed E-state index contributed by atoms with van der Waals surface area (Å²) in [5.41, 5.74) is 0. The summed E-state index contributed by atoms with van der Waals surface area (Å²) in [4.78, 5) is 25.5. The van der Waals surface area contributed by atoms with E-state index >= 15 is 0 Å². The van der Waals surface area contributed by atoms with Crippen LogP contribution in [0.2, 0.25) is 0 Å².